The third-order valence-corrected chi connectivity index (χ3v) is 7.98. The molecule has 9 nitrogen and oxygen atoms in total. The Morgan fingerprint density at radius 1 is 1.17 bits per heavy atom. The van der Waals surface area contributed by atoms with Crippen LogP contribution in [0.25, 0.3) is 4.96 Å². The van der Waals surface area contributed by atoms with Crippen LogP contribution in [0.2, 0.25) is 10.0 Å². The van der Waals surface area contributed by atoms with E-state index in [0.29, 0.717) is 35.8 Å². The predicted molar refractivity (Wildman–Crippen MR) is 138 cm³/mol. The van der Waals surface area contributed by atoms with Gasteiger partial charge in [0.15, 0.2) is 4.96 Å². The Balaban J connectivity index is 1.45. The molecule has 3 N–H and O–H groups in total. The van der Waals surface area contributed by atoms with E-state index in [-0.39, 0.29) is 34.0 Å². The highest BCUT2D eigenvalue weighted by atomic mass is 35.5. The lowest BCUT2D eigenvalue weighted by Gasteiger charge is -2.19. The van der Waals surface area contributed by atoms with E-state index in [4.69, 9.17) is 23.2 Å². The summed E-state index contributed by atoms with van der Waals surface area (Å²) in [7, 11) is -3.77. The molecule has 0 radical (unpaired) electrons. The summed E-state index contributed by atoms with van der Waals surface area (Å²) in [6.45, 7) is 4.46. The molecule has 1 atom stereocenters. The molecule has 0 aliphatic carbocycles. The standard InChI is InChI=1S/C22H27Cl2N5O4S2/c1-14(2)11-17(27-21(31)18-13-29-9-10-34-22(29)28-18)20(30)25-7-3-4-8-26-35(32,33)19-6-5-15(23)12-16(19)24/h5-6,9-10,12-14,17,26H,3-4,7-8,11H2,1-2H3,(H,25,30)(H,27,31). The van der Waals surface area contributed by atoms with E-state index in [1.54, 1.807) is 10.6 Å². The van der Waals surface area contributed by atoms with E-state index in [0.717, 1.165) is 0 Å². The van der Waals surface area contributed by atoms with Crippen LogP contribution in [-0.4, -0.2) is 48.7 Å². The van der Waals surface area contributed by atoms with Crippen molar-refractivity contribution < 1.29 is 18.0 Å². The van der Waals surface area contributed by atoms with Crippen LogP contribution in [0, 0.1) is 5.92 Å². The van der Waals surface area contributed by atoms with Crippen LogP contribution in [0.15, 0.2) is 40.9 Å². The minimum Gasteiger partial charge on any atom is -0.354 e. The Bertz CT molecular complexity index is 1260. The summed E-state index contributed by atoms with van der Waals surface area (Å²) in [5.41, 5.74) is 0.256. The molecule has 13 heteroatoms. The van der Waals surface area contributed by atoms with E-state index in [1.807, 2.05) is 25.4 Å². The second-order valence-corrected chi connectivity index (χ2v) is 11.8. The first-order valence-corrected chi connectivity index (χ1v) is 14.1. The second kappa shape index (κ2) is 12.2. The molecule has 3 rings (SSSR count). The smallest absolute Gasteiger partial charge is 0.272 e. The first-order valence-electron chi connectivity index (χ1n) is 11.0. The molecule has 0 fully saturated rings. The topological polar surface area (TPSA) is 122 Å². The number of nitrogens with one attached hydrogen (secondary N) is 3. The van der Waals surface area contributed by atoms with Crippen LogP contribution in [0.4, 0.5) is 0 Å². The molecule has 0 saturated heterocycles. The highest BCUT2D eigenvalue weighted by molar-refractivity contribution is 7.89. The van der Waals surface area contributed by atoms with Crippen molar-refractivity contribution in [1.29, 1.82) is 0 Å². The highest BCUT2D eigenvalue weighted by Crippen LogP contribution is 2.24. The maximum absolute atomic E-state index is 12.7. The molecular weight excluding hydrogens is 533 g/mol. The second-order valence-electron chi connectivity index (χ2n) is 8.35. The molecule has 3 aromatic rings. The summed E-state index contributed by atoms with van der Waals surface area (Å²) in [6, 6.07) is 3.48. The van der Waals surface area contributed by atoms with Crippen LogP contribution in [0.5, 0.6) is 0 Å². The average molecular weight is 561 g/mol. The summed E-state index contributed by atoms with van der Waals surface area (Å²) in [5, 5.41) is 7.87. The maximum atomic E-state index is 12.7. The van der Waals surface area contributed by atoms with Gasteiger partial charge in [-0.05, 0) is 43.4 Å². The molecule has 2 aromatic heterocycles. The van der Waals surface area contributed by atoms with Crippen molar-refractivity contribution in [3.05, 3.63) is 51.7 Å². The Morgan fingerprint density at radius 2 is 1.91 bits per heavy atom. The SMILES string of the molecule is CC(C)CC(NC(=O)c1cn2ccsc2n1)C(=O)NCCCCNS(=O)(=O)c1ccc(Cl)cc1Cl. The van der Waals surface area contributed by atoms with Crippen molar-refractivity contribution >= 4 is 61.3 Å². The minimum atomic E-state index is -3.77. The maximum Gasteiger partial charge on any atom is 0.272 e. The fraction of sp³-hybridized carbons (Fsp3) is 0.409. The number of fused-ring (bicyclic) bond motifs is 1. The van der Waals surface area contributed by atoms with Crippen LogP contribution in [0.1, 0.15) is 43.6 Å². The number of benzene rings is 1. The third-order valence-electron chi connectivity index (χ3n) is 5.03. The summed E-state index contributed by atoms with van der Waals surface area (Å²) in [4.78, 5) is 30.3. The van der Waals surface area contributed by atoms with Gasteiger partial charge < -0.3 is 10.6 Å². The van der Waals surface area contributed by atoms with Crippen molar-refractivity contribution in [3.8, 4) is 0 Å². The molecule has 1 unspecified atom stereocenters. The average Bonchev–Trinajstić information content (AvgIpc) is 3.37. The Kier molecular flexibility index (Phi) is 9.54. The Morgan fingerprint density at radius 3 is 2.60 bits per heavy atom. The quantitative estimate of drug-likeness (QED) is 0.292. The summed E-state index contributed by atoms with van der Waals surface area (Å²) < 4.78 is 29.1. The van der Waals surface area contributed by atoms with Crippen LogP contribution >= 0.6 is 34.5 Å². The molecule has 35 heavy (non-hydrogen) atoms. The molecular formula is C22H27Cl2N5O4S2. The van der Waals surface area contributed by atoms with E-state index in [9.17, 15) is 18.0 Å². The van der Waals surface area contributed by atoms with Gasteiger partial charge in [0.25, 0.3) is 5.91 Å². The number of amides is 2. The summed E-state index contributed by atoms with van der Waals surface area (Å²) >= 11 is 13.2. The number of hydrogen-bond acceptors (Lipinski definition) is 6. The van der Waals surface area contributed by atoms with Crippen LogP contribution < -0.4 is 15.4 Å². The van der Waals surface area contributed by atoms with Crippen molar-refractivity contribution in [2.45, 2.75) is 44.0 Å². The molecule has 0 aliphatic rings. The van der Waals surface area contributed by atoms with Crippen LogP contribution in [-0.2, 0) is 14.8 Å². The summed E-state index contributed by atoms with van der Waals surface area (Å²) in [5.74, 6) is -0.510. The van der Waals surface area contributed by atoms with Gasteiger partial charge >= 0.3 is 0 Å². The van der Waals surface area contributed by atoms with Gasteiger partial charge in [-0.15, -0.1) is 11.3 Å². The third kappa shape index (κ3) is 7.65. The van der Waals surface area contributed by atoms with Gasteiger partial charge in [-0.25, -0.2) is 18.1 Å². The van der Waals surface area contributed by atoms with E-state index in [2.05, 4.69) is 20.3 Å². The number of carbonyl (C=O) groups is 2. The lowest BCUT2D eigenvalue weighted by Crippen LogP contribution is -2.47. The zero-order valence-corrected chi connectivity index (χ0v) is 22.4. The normalized spacial score (nSPS) is 12.7. The van der Waals surface area contributed by atoms with Gasteiger partial charge in [0.1, 0.15) is 16.6 Å². The van der Waals surface area contributed by atoms with Crippen molar-refractivity contribution in [2.24, 2.45) is 5.92 Å². The number of unbranched alkanes of at least 4 members (excludes halogenated alkanes) is 1. The lowest BCUT2D eigenvalue weighted by molar-refractivity contribution is -0.123. The largest absolute Gasteiger partial charge is 0.354 e. The minimum absolute atomic E-state index is 0.0401. The van der Waals surface area contributed by atoms with Gasteiger partial charge in [0.2, 0.25) is 15.9 Å². The highest BCUT2D eigenvalue weighted by Gasteiger charge is 2.24. The summed E-state index contributed by atoms with van der Waals surface area (Å²) in [6.07, 6.45) is 4.96. The zero-order chi connectivity index (χ0) is 25.6. The number of rotatable bonds is 12. The van der Waals surface area contributed by atoms with E-state index >= 15 is 0 Å². The number of thiazole rings is 1. The first kappa shape index (κ1) is 27.4. The van der Waals surface area contributed by atoms with Gasteiger partial charge in [-0.3, -0.25) is 14.0 Å². The number of carbonyl (C=O) groups excluding carboxylic acids is 2. The molecule has 0 spiro atoms. The molecule has 1 aromatic carbocycles. The number of imidazole rings is 1. The van der Waals surface area contributed by atoms with Gasteiger partial charge in [0.05, 0.1) is 5.02 Å². The van der Waals surface area contributed by atoms with Crippen molar-refractivity contribution in [3.63, 3.8) is 0 Å². The Hall–Kier alpha value is -2.18. The molecule has 0 bridgehead atoms. The number of hydrogen-bond donors (Lipinski definition) is 3. The molecule has 0 aliphatic heterocycles. The molecule has 2 amide bonds. The molecule has 2 heterocycles. The zero-order valence-electron chi connectivity index (χ0n) is 19.3. The van der Waals surface area contributed by atoms with Crippen molar-refractivity contribution in [1.82, 2.24) is 24.7 Å². The number of nitrogens with zero attached hydrogens (tertiary/aromatic N) is 2. The van der Waals surface area contributed by atoms with Gasteiger partial charge in [-0.1, -0.05) is 37.0 Å². The van der Waals surface area contributed by atoms with Gasteiger partial charge in [0, 0.05) is 35.9 Å². The Labute approximate surface area is 218 Å². The van der Waals surface area contributed by atoms with Crippen LogP contribution in [0.3, 0.4) is 0 Å². The number of aromatic nitrogens is 2. The number of halogens is 2. The fourth-order valence-electron chi connectivity index (χ4n) is 3.33. The van der Waals surface area contributed by atoms with E-state index in [1.165, 1.54) is 29.5 Å². The predicted octanol–water partition coefficient (Wildman–Crippen LogP) is 3.72. The number of sulfonamides is 1. The molecule has 190 valence electrons. The van der Waals surface area contributed by atoms with Gasteiger partial charge in [-0.2, -0.15) is 0 Å². The van der Waals surface area contributed by atoms with Crippen molar-refractivity contribution in [2.75, 3.05) is 13.1 Å². The fourth-order valence-corrected chi connectivity index (χ4v) is 5.88. The lowest BCUT2D eigenvalue weighted by atomic mass is 10.0. The monoisotopic (exact) mass is 559 g/mol. The first-order chi connectivity index (χ1) is 16.6. The van der Waals surface area contributed by atoms with E-state index < -0.39 is 22.0 Å². The molecule has 0 saturated carbocycles.